The summed E-state index contributed by atoms with van der Waals surface area (Å²) >= 11 is 4.27. The van der Waals surface area contributed by atoms with Crippen molar-refractivity contribution in [3.63, 3.8) is 0 Å². The summed E-state index contributed by atoms with van der Waals surface area (Å²) in [7, 11) is 6.14. The third kappa shape index (κ3) is 21.8. The van der Waals surface area contributed by atoms with Gasteiger partial charge in [-0.2, -0.15) is 0 Å². The van der Waals surface area contributed by atoms with Crippen LogP contribution in [0.5, 0.6) is 5.75 Å². The molecule has 0 saturated heterocycles. The fourth-order valence-electron chi connectivity index (χ4n) is 5.30. The van der Waals surface area contributed by atoms with Gasteiger partial charge in [-0.25, -0.2) is 0 Å². The van der Waals surface area contributed by atoms with Crippen molar-refractivity contribution in [3.8, 4) is 5.75 Å². The quantitative estimate of drug-likeness (QED) is 0.0247. The van der Waals surface area contributed by atoms with Crippen LogP contribution in [0.1, 0.15) is 58.3 Å². The highest BCUT2D eigenvalue weighted by Crippen LogP contribution is 2.19. The van der Waals surface area contributed by atoms with Crippen LogP contribution in [0.2, 0.25) is 0 Å². The van der Waals surface area contributed by atoms with E-state index in [1.807, 2.05) is 24.3 Å². The first-order valence-corrected chi connectivity index (χ1v) is 19.8. The van der Waals surface area contributed by atoms with Crippen molar-refractivity contribution in [2.75, 3.05) is 28.2 Å². The summed E-state index contributed by atoms with van der Waals surface area (Å²) in [4.78, 5) is 83.2. The molecular weight excluding hydrogens is 841 g/mol. The maximum atomic E-state index is 11.6. The number of para-hydroxylation sites is 2. The number of carbonyl (C=O) groups excluding carboxylic acids is 5. The number of amidine groups is 4. The normalized spacial score (nSPS) is 11.3. The van der Waals surface area contributed by atoms with Crippen molar-refractivity contribution in [1.82, 2.24) is 0 Å². The molecule has 0 bridgehead atoms. The van der Waals surface area contributed by atoms with Crippen LogP contribution >= 0.6 is 12.6 Å². The van der Waals surface area contributed by atoms with E-state index in [2.05, 4.69) is 32.6 Å². The molecule has 0 spiro atoms. The van der Waals surface area contributed by atoms with Crippen molar-refractivity contribution in [2.24, 2.45) is 48.6 Å². The molecule has 11 N–H and O–H groups in total. The molecule has 0 radical (unpaired) electrons. The largest absolute Gasteiger partial charge is 0.508 e. The lowest BCUT2D eigenvalue weighted by Gasteiger charge is -2.05. The average molecular weight is 897 g/mol. The van der Waals surface area contributed by atoms with Crippen LogP contribution < -0.4 is 28.7 Å². The second-order valence-electron chi connectivity index (χ2n) is 13.6. The maximum absolute atomic E-state index is 11.6. The van der Waals surface area contributed by atoms with E-state index < -0.39 is 10.8 Å². The Morgan fingerprint density at radius 2 is 0.844 bits per heavy atom. The number of phenolic OH excluding ortho intramolecular Hbond substituents is 1. The number of carbonyl (C=O) groups is 5. The van der Waals surface area contributed by atoms with Gasteiger partial charge in [0.1, 0.15) is 52.2 Å². The summed E-state index contributed by atoms with van der Waals surface area (Å²) in [6, 6.07) is 27.2. The summed E-state index contributed by atoms with van der Waals surface area (Å²) in [6.07, 6.45) is 1.11. The fraction of sp³-hybridized carbons (Fsp3) is 0.267. The fourth-order valence-corrected chi connectivity index (χ4v) is 5.54. The van der Waals surface area contributed by atoms with Gasteiger partial charge in [-0.1, -0.05) is 72.8 Å². The number of nitro benzene ring substituents is 1. The molecule has 0 heterocycles. The highest BCUT2D eigenvalue weighted by Gasteiger charge is 2.16. The molecule has 19 heteroatoms. The van der Waals surface area contributed by atoms with Crippen LogP contribution in [-0.2, 0) is 44.9 Å². The Kier molecular flexibility index (Phi) is 25.3. The van der Waals surface area contributed by atoms with Crippen molar-refractivity contribution >= 4 is 70.7 Å². The van der Waals surface area contributed by atoms with E-state index in [9.17, 15) is 39.2 Å². The van der Waals surface area contributed by atoms with Gasteiger partial charge in [0.25, 0.3) is 5.69 Å². The van der Waals surface area contributed by atoms with Crippen LogP contribution in [0, 0.1) is 10.1 Å². The number of hydrogen-bond acceptors (Lipinski definition) is 13. The molecule has 0 aliphatic carbocycles. The molecule has 18 nitrogen and oxygen atoms in total. The molecule has 0 unspecified atom stereocenters. The lowest BCUT2D eigenvalue weighted by molar-refractivity contribution is -0.385. The Morgan fingerprint density at radius 3 is 1.25 bits per heavy atom. The Hall–Kier alpha value is -7.54. The number of thiol groups is 1. The first-order valence-electron chi connectivity index (χ1n) is 19.4. The summed E-state index contributed by atoms with van der Waals surface area (Å²) in [5, 5.41) is 20.2. The SMILES string of the molecule is CN=C(N)CC(=O)Cc1ccccc1C(N)=O.CN=C(N)CC(=O)Cc1ccccc1O.CN=C(N)CC(=O)Cc1ccccc1S.CN=C(N)CC(=O)Cc1ccccc1[N+](=O)[O-]. The number of phenols is 1. The van der Waals surface area contributed by atoms with Gasteiger partial charge in [0.05, 0.1) is 30.6 Å². The van der Waals surface area contributed by atoms with Crippen molar-refractivity contribution in [2.45, 2.75) is 56.3 Å². The molecule has 340 valence electrons. The minimum absolute atomic E-state index is 0.00657. The van der Waals surface area contributed by atoms with E-state index in [4.69, 9.17) is 28.7 Å². The Morgan fingerprint density at radius 1 is 0.516 bits per heavy atom. The predicted molar refractivity (Wildman–Crippen MR) is 253 cm³/mol. The summed E-state index contributed by atoms with van der Waals surface area (Å²) in [5.74, 6) is 0.513. The molecular formula is C45H56N10O8S. The summed E-state index contributed by atoms with van der Waals surface area (Å²) < 4.78 is 0. The molecule has 4 rings (SSSR count). The average Bonchev–Trinajstić information content (AvgIpc) is 3.25. The maximum Gasteiger partial charge on any atom is 0.273 e. The van der Waals surface area contributed by atoms with Crippen molar-refractivity contribution in [1.29, 1.82) is 0 Å². The van der Waals surface area contributed by atoms with Gasteiger partial charge in [0.2, 0.25) is 5.91 Å². The number of nitrogens with zero attached hydrogens (tertiary/aromatic N) is 5. The lowest BCUT2D eigenvalue weighted by atomic mass is 10.0. The number of aromatic hydroxyl groups is 1. The Labute approximate surface area is 377 Å². The van der Waals surface area contributed by atoms with Gasteiger partial charge in [0.15, 0.2) is 0 Å². The molecule has 0 saturated carbocycles. The van der Waals surface area contributed by atoms with Gasteiger partial charge in [-0.15, -0.1) is 12.6 Å². The second kappa shape index (κ2) is 29.7. The smallest absolute Gasteiger partial charge is 0.273 e. The van der Waals surface area contributed by atoms with Gasteiger partial charge >= 0.3 is 0 Å². The first kappa shape index (κ1) is 54.5. The number of aliphatic imine (C=N–C) groups is 4. The van der Waals surface area contributed by atoms with Crippen LogP contribution in [0.25, 0.3) is 0 Å². The standard InChI is InChI=1S/C12H15N3O2.C11H13N3O3.C11H14N2O2.C11H14N2OS/c1-15-11(13)7-9(16)6-8-4-2-3-5-10(8)12(14)17;1-13-11(12)7-9(15)6-8-4-2-3-5-10(8)14(16)17;2*1-13-11(12)7-9(14)6-8-4-2-3-5-10(8)15/h2-5H,6-7H2,1H3,(H2,13,15)(H2,14,17);2-5H,6-7H2,1H3,(H2,12,13);2*2-5,15H,6-7H2,1H3,(H2,12,13). The van der Waals surface area contributed by atoms with Gasteiger partial charge in [0, 0.05) is 81.5 Å². The molecule has 1 amide bonds. The molecule has 4 aromatic carbocycles. The zero-order valence-electron chi connectivity index (χ0n) is 36.3. The van der Waals surface area contributed by atoms with E-state index in [1.165, 1.54) is 20.2 Å². The predicted octanol–water partition coefficient (Wildman–Crippen LogP) is 3.70. The molecule has 0 aromatic heterocycles. The number of rotatable bonds is 18. The van der Waals surface area contributed by atoms with Gasteiger partial charge in [-0.05, 0) is 29.3 Å². The molecule has 4 aromatic rings. The zero-order valence-corrected chi connectivity index (χ0v) is 37.2. The van der Waals surface area contributed by atoms with Gasteiger partial charge in [-0.3, -0.25) is 54.1 Å². The number of ketones is 4. The monoisotopic (exact) mass is 896 g/mol. The third-order valence-electron chi connectivity index (χ3n) is 8.67. The van der Waals surface area contributed by atoms with Crippen molar-refractivity contribution < 1.29 is 34.0 Å². The van der Waals surface area contributed by atoms with E-state index >= 15 is 0 Å². The first-order chi connectivity index (χ1) is 30.3. The zero-order chi connectivity index (χ0) is 48.2. The second-order valence-corrected chi connectivity index (χ2v) is 14.1. The summed E-state index contributed by atoms with van der Waals surface area (Å²) in [6.45, 7) is 0. The molecule has 0 fully saturated rings. The number of nitro groups is 1. The molecule has 0 atom stereocenters. The minimum Gasteiger partial charge on any atom is -0.508 e. The van der Waals surface area contributed by atoms with Crippen LogP contribution in [-0.4, -0.2) is 90.6 Å². The van der Waals surface area contributed by atoms with E-state index in [0.717, 1.165) is 10.5 Å². The molecule has 64 heavy (non-hydrogen) atoms. The van der Waals surface area contributed by atoms with Crippen LogP contribution in [0.3, 0.4) is 0 Å². The van der Waals surface area contributed by atoms with Crippen LogP contribution in [0.15, 0.2) is 122 Å². The van der Waals surface area contributed by atoms with Crippen molar-refractivity contribution in [3.05, 3.63) is 135 Å². The molecule has 0 aliphatic rings. The van der Waals surface area contributed by atoms with E-state index in [0.29, 0.717) is 40.3 Å². The van der Waals surface area contributed by atoms with Crippen LogP contribution in [0.4, 0.5) is 5.69 Å². The van der Waals surface area contributed by atoms with E-state index in [1.54, 1.807) is 80.8 Å². The Bertz CT molecular complexity index is 2200. The Balaban J connectivity index is 0.000000427. The lowest BCUT2D eigenvalue weighted by Crippen LogP contribution is -2.20. The number of amides is 1. The molecule has 0 aliphatic heterocycles. The number of hydrogen-bond donors (Lipinski definition) is 7. The number of primary amides is 1. The highest BCUT2D eigenvalue weighted by molar-refractivity contribution is 7.80. The number of benzene rings is 4. The number of nitrogens with two attached hydrogens (primary N) is 5. The third-order valence-corrected chi connectivity index (χ3v) is 9.10. The summed E-state index contributed by atoms with van der Waals surface area (Å²) in [5.41, 5.74) is 29.9. The minimum atomic E-state index is -0.537. The number of Topliss-reactive ketones (excluding diaryl/α,β-unsaturated/α-hetero) is 4. The van der Waals surface area contributed by atoms with Gasteiger partial charge < -0.3 is 33.8 Å². The van der Waals surface area contributed by atoms with E-state index in [-0.39, 0.29) is 91.2 Å². The topological polar surface area (TPSA) is 328 Å². The highest BCUT2D eigenvalue weighted by atomic mass is 32.1.